The number of rotatable bonds is 3. The van der Waals surface area contributed by atoms with Crippen molar-refractivity contribution in [2.45, 2.75) is 0 Å². The first-order valence-electron chi connectivity index (χ1n) is 3.17. The van der Waals surface area contributed by atoms with Gasteiger partial charge in [0.05, 0.1) is 11.0 Å². The number of benzene rings is 1. The van der Waals surface area contributed by atoms with Crippen LogP contribution in [0.25, 0.3) is 0 Å². The summed E-state index contributed by atoms with van der Waals surface area (Å²) in [5, 5.41) is 10.2. The van der Waals surface area contributed by atoms with Gasteiger partial charge in [-0.25, -0.2) is 4.39 Å². The molecule has 0 amide bonds. The number of hydrogen-bond acceptors (Lipinski definition) is 3. The van der Waals surface area contributed by atoms with Crippen molar-refractivity contribution in [2.24, 2.45) is 0 Å². The largest absolute Gasteiger partial charge is 0.463 e. The Morgan fingerprint density at radius 3 is 2.92 bits per heavy atom. The van der Waals surface area contributed by atoms with Gasteiger partial charge in [0, 0.05) is 6.07 Å². The molecule has 0 aliphatic carbocycles. The molecule has 0 aliphatic rings. The SMILES string of the molecule is O=[N+]([O-])c1cccc(OCF)c1. The molecule has 0 aromatic heterocycles. The molecule has 0 radical (unpaired) electrons. The minimum Gasteiger partial charge on any atom is -0.463 e. The van der Waals surface area contributed by atoms with Crippen LogP contribution in [0.3, 0.4) is 0 Å². The molecule has 0 heterocycles. The number of halogens is 1. The molecule has 0 aliphatic heterocycles. The third kappa shape index (κ3) is 1.91. The zero-order valence-electron chi connectivity index (χ0n) is 6.07. The molecule has 1 aromatic rings. The van der Waals surface area contributed by atoms with Gasteiger partial charge >= 0.3 is 0 Å². The normalized spacial score (nSPS) is 9.42. The average Bonchev–Trinajstić information content (AvgIpc) is 2.05. The first kappa shape index (κ1) is 8.45. The molecular weight excluding hydrogens is 165 g/mol. The molecule has 1 rings (SSSR count). The van der Waals surface area contributed by atoms with Crippen molar-refractivity contribution in [3.63, 3.8) is 0 Å². The fourth-order valence-corrected chi connectivity index (χ4v) is 0.750. The summed E-state index contributed by atoms with van der Waals surface area (Å²) in [6.07, 6.45) is 0. The summed E-state index contributed by atoms with van der Waals surface area (Å²) in [4.78, 5) is 9.65. The minimum absolute atomic E-state index is 0.110. The maximum atomic E-state index is 11.6. The van der Waals surface area contributed by atoms with Crippen molar-refractivity contribution in [2.75, 3.05) is 6.86 Å². The fraction of sp³-hybridized carbons (Fsp3) is 0.143. The number of hydrogen-bond donors (Lipinski definition) is 0. The lowest BCUT2D eigenvalue weighted by atomic mass is 10.3. The zero-order valence-corrected chi connectivity index (χ0v) is 6.07. The lowest BCUT2D eigenvalue weighted by Crippen LogP contribution is -1.92. The van der Waals surface area contributed by atoms with E-state index in [-0.39, 0.29) is 11.4 Å². The Kier molecular flexibility index (Phi) is 2.57. The molecule has 12 heavy (non-hydrogen) atoms. The van der Waals surface area contributed by atoms with E-state index < -0.39 is 11.8 Å². The fourth-order valence-electron chi connectivity index (χ4n) is 0.750. The van der Waals surface area contributed by atoms with Crippen LogP contribution in [0.15, 0.2) is 24.3 Å². The second-order valence-electron chi connectivity index (χ2n) is 2.01. The number of ether oxygens (including phenoxy) is 1. The molecule has 1 aromatic carbocycles. The molecule has 0 spiro atoms. The number of nitrogens with zero attached hydrogens (tertiary/aromatic N) is 1. The number of nitro groups is 1. The first-order chi connectivity index (χ1) is 5.74. The van der Waals surface area contributed by atoms with Crippen LogP contribution in [0.5, 0.6) is 5.75 Å². The van der Waals surface area contributed by atoms with Crippen LogP contribution < -0.4 is 4.74 Å². The highest BCUT2D eigenvalue weighted by atomic mass is 19.1. The predicted octanol–water partition coefficient (Wildman–Crippen LogP) is 1.90. The van der Waals surface area contributed by atoms with Gasteiger partial charge in [-0.15, -0.1) is 0 Å². The quantitative estimate of drug-likeness (QED) is 0.515. The Labute approximate surface area is 67.7 Å². The summed E-state index contributed by atoms with van der Waals surface area (Å²) >= 11 is 0. The Hall–Kier alpha value is -1.65. The van der Waals surface area contributed by atoms with Crippen molar-refractivity contribution >= 4 is 5.69 Å². The summed E-state index contributed by atoms with van der Waals surface area (Å²) in [6.45, 7) is -0.985. The van der Waals surface area contributed by atoms with Gasteiger partial charge in [0.15, 0.2) is 0 Å². The summed E-state index contributed by atoms with van der Waals surface area (Å²) in [6, 6.07) is 5.36. The molecule has 0 saturated heterocycles. The Morgan fingerprint density at radius 1 is 1.58 bits per heavy atom. The third-order valence-electron chi connectivity index (χ3n) is 1.25. The lowest BCUT2D eigenvalue weighted by molar-refractivity contribution is -0.384. The van der Waals surface area contributed by atoms with Crippen LogP contribution in [0.4, 0.5) is 10.1 Å². The van der Waals surface area contributed by atoms with Crippen LogP contribution in [-0.2, 0) is 0 Å². The molecule has 64 valence electrons. The molecule has 0 atom stereocenters. The summed E-state index contributed by atoms with van der Waals surface area (Å²) in [5.74, 6) is 0.159. The molecule has 4 nitrogen and oxygen atoms in total. The van der Waals surface area contributed by atoms with Gasteiger partial charge in [0.2, 0.25) is 6.86 Å². The maximum Gasteiger partial charge on any atom is 0.273 e. The highest BCUT2D eigenvalue weighted by Gasteiger charge is 2.05. The molecule has 0 bridgehead atoms. The predicted molar refractivity (Wildman–Crippen MR) is 39.7 cm³/mol. The van der Waals surface area contributed by atoms with Crippen molar-refractivity contribution in [1.29, 1.82) is 0 Å². The van der Waals surface area contributed by atoms with E-state index in [9.17, 15) is 14.5 Å². The highest BCUT2D eigenvalue weighted by Crippen LogP contribution is 2.18. The number of nitro benzene ring substituents is 1. The van der Waals surface area contributed by atoms with E-state index in [0.717, 1.165) is 0 Å². The van der Waals surface area contributed by atoms with Crippen molar-refractivity contribution in [3.8, 4) is 5.75 Å². The van der Waals surface area contributed by atoms with Crippen LogP contribution in [-0.4, -0.2) is 11.8 Å². The van der Waals surface area contributed by atoms with Gasteiger partial charge in [0.25, 0.3) is 5.69 Å². The molecule has 5 heteroatoms. The van der Waals surface area contributed by atoms with Crippen LogP contribution in [0.2, 0.25) is 0 Å². The number of non-ortho nitro benzene ring substituents is 1. The van der Waals surface area contributed by atoms with E-state index in [4.69, 9.17) is 0 Å². The van der Waals surface area contributed by atoms with E-state index in [2.05, 4.69) is 4.74 Å². The molecule has 0 saturated carbocycles. The molecule has 0 fully saturated rings. The second kappa shape index (κ2) is 3.66. The van der Waals surface area contributed by atoms with Gasteiger partial charge in [-0.3, -0.25) is 10.1 Å². The first-order valence-corrected chi connectivity index (χ1v) is 3.17. The second-order valence-corrected chi connectivity index (χ2v) is 2.01. The van der Waals surface area contributed by atoms with Gasteiger partial charge in [0.1, 0.15) is 5.75 Å². The highest BCUT2D eigenvalue weighted by molar-refractivity contribution is 5.37. The van der Waals surface area contributed by atoms with Crippen molar-refractivity contribution in [1.82, 2.24) is 0 Å². The van der Waals surface area contributed by atoms with Gasteiger partial charge < -0.3 is 4.74 Å². The molecular formula is C7H6FNO3. The van der Waals surface area contributed by atoms with E-state index in [1.807, 2.05) is 0 Å². The molecule has 0 unspecified atom stereocenters. The van der Waals surface area contributed by atoms with E-state index >= 15 is 0 Å². The van der Waals surface area contributed by atoms with E-state index in [1.54, 1.807) is 0 Å². The summed E-state index contributed by atoms with van der Waals surface area (Å²) in [7, 11) is 0. The topological polar surface area (TPSA) is 52.4 Å². The van der Waals surface area contributed by atoms with Crippen molar-refractivity contribution in [3.05, 3.63) is 34.4 Å². The van der Waals surface area contributed by atoms with Gasteiger partial charge in [-0.2, -0.15) is 0 Å². The van der Waals surface area contributed by atoms with Gasteiger partial charge in [-0.05, 0) is 6.07 Å². The standard InChI is InChI=1S/C7H6FNO3/c8-5-12-7-3-1-2-6(4-7)9(10)11/h1-4H,5H2. The maximum absolute atomic E-state index is 11.6. The third-order valence-corrected chi connectivity index (χ3v) is 1.25. The zero-order chi connectivity index (χ0) is 8.97. The van der Waals surface area contributed by atoms with Gasteiger partial charge in [-0.1, -0.05) is 6.07 Å². The summed E-state index contributed by atoms with van der Waals surface area (Å²) in [5.41, 5.74) is -0.110. The Morgan fingerprint density at radius 2 is 2.33 bits per heavy atom. The van der Waals surface area contributed by atoms with E-state index in [0.29, 0.717) is 0 Å². The summed E-state index contributed by atoms with van der Waals surface area (Å²) < 4.78 is 16.0. The molecule has 0 N–H and O–H groups in total. The average molecular weight is 171 g/mol. The van der Waals surface area contributed by atoms with E-state index in [1.165, 1.54) is 24.3 Å². The minimum atomic E-state index is -0.985. The van der Waals surface area contributed by atoms with Crippen LogP contribution in [0, 0.1) is 10.1 Å². The number of alkyl halides is 1. The Balaban J connectivity index is 2.88. The van der Waals surface area contributed by atoms with Crippen LogP contribution >= 0.6 is 0 Å². The monoisotopic (exact) mass is 171 g/mol. The van der Waals surface area contributed by atoms with Crippen LogP contribution in [0.1, 0.15) is 0 Å². The van der Waals surface area contributed by atoms with Crippen molar-refractivity contribution < 1.29 is 14.1 Å². The Bertz CT molecular complexity index is 290. The lowest BCUT2D eigenvalue weighted by Gasteiger charge is -1.98. The smallest absolute Gasteiger partial charge is 0.273 e.